The van der Waals surface area contributed by atoms with Crippen molar-refractivity contribution in [2.24, 2.45) is 0 Å². The standard InChI is InChI=1S/C19H19NS/c21-15-18(16-9-3-1-4-10-16)19(20-13-7-8-14-20)17-11-5-2-6-12-17/h1-6,9-12,15H,7-8,13-14H2/b19-18+. The molecule has 3 rings (SSSR count). The van der Waals surface area contributed by atoms with Gasteiger partial charge in [-0.15, -0.1) is 0 Å². The highest BCUT2D eigenvalue weighted by molar-refractivity contribution is 7.79. The average molecular weight is 293 g/mol. The quantitative estimate of drug-likeness (QED) is 0.458. The summed E-state index contributed by atoms with van der Waals surface area (Å²) in [6.45, 7) is 2.23. The van der Waals surface area contributed by atoms with Crippen LogP contribution in [-0.4, -0.2) is 23.4 Å². The van der Waals surface area contributed by atoms with Crippen LogP contribution in [0.5, 0.6) is 0 Å². The fourth-order valence-electron chi connectivity index (χ4n) is 2.92. The lowest BCUT2D eigenvalue weighted by Crippen LogP contribution is -2.19. The molecule has 0 aliphatic carbocycles. The number of benzene rings is 2. The van der Waals surface area contributed by atoms with Crippen molar-refractivity contribution in [3.05, 3.63) is 71.8 Å². The molecule has 1 saturated heterocycles. The van der Waals surface area contributed by atoms with Crippen LogP contribution in [-0.2, 0) is 0 Å². The molecule has 0 spiro atoms. The van der Waals surface area contributed by atoms with E-state index >= 15 is 0 Å². The van der Waals surface area contributed by atoms with Crippen molar-refractivity contribution in [2.45, 2.75) is 12.8 Å². The van der Waals surface area contributed by atoms with Gasteiger partial charge in [0, 0.05) is 24.0 Å². The van der Waals surface area contributed by atoms with Crippen LogP contribution >= 0.6 is 12.2 Å². The summed E-state index contributed by atoms with van der Waals surface area (Å²) in [7, 11) is 0. The molecule has 0 radical (unpaired) electrons. The highest BCUT2D eigenvalue weighted by atomic mass is 32.1. The second-order valence-corrected chi connectivity index (χ2v) is 5.54. The van der Waals surface area contributed by atoms with Crippen LogP contribution in [0.3, 0.4) is 0 Å². The molecule has 0 atom stereocenters. The Balaban J connectivity index is 2.16. The molecule has 0 saturated carbocycles. The van der Waals surface area contributed by atoms with Crippen molar-refractivity contribution in [2.75, 3.05) is 13.1 Å². The largest absolute Gasteiger partial charge is 0.371 e. The highest BCUT2D eigenvalue weighted by Crippen LogP contribution is 2.31. The smallest absolute Gasteiger partial charge is 0.0527 e. The molecule has 0 amide bonds. The van der Waals surface area contributed by atoms with Gasteiger partial charge < -0.3 is 4.90 Å². The molecule has 106 valence electrons. The molecule has 1 nitrogen and oxygen atoms in total. The van der Waals surface area contributed by atoms with E-state index in [1.54, 1.807) is 0 Å². The third-order valence-electron chi connectivity index (χ3n) is 3.93. The first-order valence-corrected chi connectivity index (χ1v) is 7.92. The van der Waals surface area contributed by atoms with Crippen LogP contribution in [0.2, 0.25) is 0 Å². The van der Waals surface area contributed by atoms with E-state index in [9.17, 15) is 0 Å². The predicted octanol–water partition coefficient (Wildman–Crippen LogP) is 4.65. The fraction of sp³-hybridized carbons (Fsp3) is 0.211. The minimum Gasteiger partial charge on any atom is -0.371 e. The van der Waals surface area contributed by atoms with Gasteiger partial charge in [0.05, 0.1) is 5.70 Å². The Morgan fingerprint density at radius 1 is 0.810 bits per heavy atom. The molecule has 0 N–H and O–H groups in total. The Morgan fingerprint density at radius 3 is 1.86 bits per heavy atom. The summed E-state index contributed by atoms with van der Waals surface area (Å²) < 4.78 is 0. The van der Waals surface area contributed by atoms with Crippen LogP contribution in [0.25, 0.3) is 11.3 Å². The van der Waals surface area contributed by atoms with E-state index in [1.807, 2.05) is 11.4 Å². The van der Waals surface area contributed by atoms with Crippen LogP contribution in [0, 0.1) is 0 Å². The molecule has 0 bridgehead atoms. The molecule has 1 fully saturated rings. The van der Waals surface area contributed by atoms with Crippen molar-refractivity contribution >= 4 is 28.9 Å². The summed E-state index contributed by atoms with van der Waals surface area (Å²) >= 11 is 5.36. The van der Waals surface area contributed by atoms with E-state index in [0.29, 0.717) is 0 Å². The van der Waals surface area contributed by atoms with Gasteiger partial charge in [0.25, 0.3) is 0 Å². The van der Waals surface area contributed by atoms with Gasteiger partial charge in [-0.2, -0.15) is 0 Å². The number of hydrogen-bond acceptors (Lipinski definition) is 2. The van der Waals surface area contributed by atoms with Crippen molar-refractivity contribution in [1.29, 1.82) is 0 Å². The minimum absolute atomic E-state index is 1.11. The van der Waals surface area contributed by atoms with E-state index in [-0.39, 0.29) is 0 Å². The van der Waals surface area contributed by atoms with Crippen LogP contribution in [0.15, 0.2) is 60.7 Å². The topological polar surface area (TPSA) is 3.24 Å². The number of hydrogen-bond donors (Lipinski definition) is 0. The lowest BCUT2D eigenvalue weighted by Gasteiger charge is -2.25. The first kappa shape index (κ1) is 14.0. The Bertz CT molecular complexity index is 625. The fourth-order valence-corrected chi connectivity index (χ4v) is 3.17. The summed E-state index contributed by atoms with van der Waals surface area (Å²) in [4.78, 5) is 2.47. The summed E-state index contributed by atoms with van der Waals surface area (Å²) in [6.07, 6.45) is 2.52. The Kier molecular flexibility index (Phi) is 4.46. The van der Waals surface area contributed by atoms with E-state index < -0.39 is 0 Å². The molecule has 2 aromatic carbocycles. The van der Waals surface area contributed by atoms with Crippen LogP contribution < -0.4 is 0 Å². The van der Waals surface area contributed by atoms with Gasteiger partial charge >= 0.3 is 0 Å². The third kappa shape index (κ3) is 3.06. The first-order valence-electron chi connectivity index (χ1n) is 7.45. The number of nitrogens with zero attached hydrogens (tertiary/aromatic N) is 1. The minimum atomic E-state index is 1.11. The molecule has 21 heavy (non-hydrogen) atoms. The average Bonchev–Trinajstić information content (AvgIpc) is 3.08. The van der Waals surface area contributed by atoms with E-state index in [0.717, 1.165) is 18.7 Å². The van der Waals surface area contributed by atoms with Crippen molar-refractivity contribution in [3.8, 4) is 0 Å². The molecule has 0 unspecified atom stereocenters. The second kappa shape index (κ2) is 6.68. The van der Waals surface area contributed by atoms with Gasteiger partial charge in [-0.05, 0) is 24.0 Å². The summed E-state index contributed by atoms with van der Waals surface area (Å²) in [5.74, 6) is 0. The maximum Gasteiger partial charge on any atom is 0.0527 e. The summed E-state index contributed by atoms with van der Waals surface area (Å²) in [5, 5.41) is 1.83. The van der Waals surface area contributed by atoms with Crippen LogP contribution in [0.4, 0.5) is 0 Å². The molecular weight excluding hydrogens is 274 g/mol. The lowest BCUT2D eigenvalue weighted by molar-refractivity contribution is 0.495. The van der Waals surface area contributed by atoms with E-state index in [2.05, 4.69) is 59.5 Å². The van der Waals surface area contributed by atoms with Gasteiger partial charge in [-0.3, -0.25) is 0 Å². The van der Waals surface area contributed by atoms with E-state index in [4.69, 9.17) is 12.2 Å². The van der Waals surface area contributed by atoms with Crippen molar-refractivity contribution in [1.82, 2.24) is 4.90 Å². The highest BCUT2D eigenvalue weighted by Gasteiger charge is 2.20. The zero-order valence-corrected chi connectivity index (χ0v) is 12.9. The molecule has 1 heterocycles. The molecular formula is C19H19NS. The maximum absolute atomic E-state index is 5.36. The van der Waals surface area contributed by atoms with Crippen LogP contribution in [0.1, 0.15) is 24.0 Å². The predicted molar refractivity (Wildman–Crippen MR) is 94.2 cm³/mol. The zero-order valence-electron chi connectivity index (χ0n) is 12.0. The van der Waals surface area contributed by atoms with Crippen molar-refractivity contribution < 1.29 is 0 Å². The molecule has 1 aliphatic rings. The first-order chi connectivity index (χ1) is 10.4. The SMILES string of the molecule is S=C/C(=C(/c1ccccc1)N1CCCC1)c1ccccc1. The summed E-state index contributed by atoms with van der Waals surface area (Å²) in [5.41, 5.74) is 4.87. The van der Waals surface area contributed by atoms with Gasteiger partial charge in [-0.25, -0.2) is 0 Å². The number of likely N-dealkylation sites (tertiary alicyclic amines) is 1. The molecule has 1 aliphatic heterocycles. The van der Waals surface area contributed by atoms with E-state index in [1.165, 1.54) is 29.7 Å². The van der Waals surface area contributed by atoms with Gasteiger partial charge in [-0.1, -0.05) is 72.9 Å². The Hall–Kier alpha value is -1.93. The Labute approximate surface area is 131 Å². The monoisotopic (exact) mass is 293 g/mol. The third-order valence-corrected chi connectivity index (χ3v) is 4.16. The maximum atomic E-state index is 5.36. The lowest BCUT2D eigenvalue weighted by atomic mass is 10.00. The van der Waals surface area contributed by atoms with Gasteiger partial charge in [0.15, 0.2) is 0 Å². The molecule has 0 aromatic heterocycles. The molecule has 2 heteroatoms. The second-order valence-electron chi connectivity index (χ2n) is 5.31. The number of rotatable bonds is 4. The van der Waals surface area contributed by atoms with Gasteiger partial charge in [0.1, 0.15) is 0 Å². The summed E-state index contributed by atoms with van der Waals surface area (Å²) in [6, 6.07) is 21.1. The zero-order chi connectivity index (χ0) is 14.5. The normalized spacial score (nSPS) is 15.7. The van der Waals surface area contributed by atoms with Crippen molar-refractivity contribution in [3.63, 3.8) is 0 Å². The molecule has 2 aromatic rings. The van der Waals surface area contributed by atoms with Gasteiger partial charge in [0.2, 0.25) is 0 Å². The number of thiocarbonyl (C=S) groups is 1. The number of allylic oxidation sites excluding steroid dienone is 1. The Morgan fingerprint density at radius 2 is 1.33 bits per heavy atom.